The Labute approximate surface area is 79.7 Å². The van der Waals surface area contributed by atoms with Crippen LogP contribution in [0.4, 0.5) is 0 Å². The molecule has 0 saturated carbocycles. The van der Waals surface area contributed by atoms with E-state index in [1.54, 1.807) is 0 Å². The fraction of sp³-hybridized carbons (Fsp3) is 0.900. The van der Waals surface area contributed by atoms with Gasteiger partial charge in [0.25, 0.3) is 0 Å². The molecule has 1 N–H and O–H groups in total. The van der Waals surface area contributed by atoms with Crippen molar-refractivity contribution < 1.29 is 9.90 Å². The van der Waals surface area contributed by atoms with Gasteiger partial charge in [0.05, 0.1) is 12.6 Å². The van der Waals surface area contributed by atoms with Crippen molar-refractivity contribution in [2.24, 2.45) is 5.92 Å². The van der Waals surface area contributed by atoms with Crippen LogP contribution in [0.1, 0.15) is 33.1 Å². The van der Waals surface area contributed by atoms with Crippen LogP contribution in [-0.2, 0) is 4.79 Å². The molecule has 0 aromatic carbocycles. The van der Waals surface area contributed by atoms with Crippen LogP contribution in [0.5, 0.6) is 0 Å². The predicted octanol–water partition coefficient (Wildman–Crippen LogP) is 1.02. The number of piperidine rings is 1. The van der Waals surface area contributed by atoms with Gasteiger partial charge in [0.15, 0.2) is 0 Å². The molecule has 1 rings (SSSR count). The number of amides is 1. The first-order valence-corrected chi connectivity index (χ1v) is 5.08. The number of hydrogen-bond donors (Lipinski definition) is 1. The average molecular weight is 185 g/mol. The Bertz CT molecular complexity index is 180. The van der Waals surface area contributed by atoms with Gasteiger partial charge in [0.1, 0.15) is 0 Å². The standard InChI is InChI=1S/C10H19NO2/c1-8(2)10(13)11-6-4-3-5-9(11)7-12/h8-9,12H,3-7H2,1-2H3/t9-/m0/s1. The van der Waals surface area contributed by atoms with E-state index in [9.17, 15) is 4.79 Å². The van der Waals surface area contributed by atoms with Gasteiger partial charge in [-0.25, -0.2) is 0 Å². The van der Waals surface area contributed by atoms with E-state index < -0.39 is 0 Å². The quantitative estimate of drug-likeness (QED) is 0.697. The summed E-state index contributed by atoms with van der Waals surface area (Å²) in [6.07, 6.45) is 3.16. The first kappa shape index (κ1) is 10.5. The number of aliphatic hydroxyl groups is 1. The molecule has 3 nitrogen and oxygen atoms in total. The van der Waals surface area contributed by atoms with Crippen LogP contribution < -0.4 is 0 Å². The first-order chi connectivity index (χ1) is 6.16. The fourth-order valence-corrected chi connectivity index (χ4v) is 1.81. The molecule has 0 radical (unpaired) electrons. The van der Waals surface area contributed by atoms with Gasteiger partial charge in [-0.3, -0.25) is 4.79 Å². The van der Waals surface area contributed by atoms with Crippen LogP contribution in [0.2, 0.25) is 0 Å². The number of likely N-dealkylation sites (tertiary alicyclic amines) is 1. The minimum Gasteiger partial charge on any atom is -0.394 e. The Morgan fingerprint density at radius 1 is 1.54 bits per heavy atom. The minimum atomic E-state index is 0.0483. The molecule has 0 bridgehead atoms. The smallest absolute Gasteiger partial charge is 0.225 e. The maximum atomic E-state index is 11.7. The second-order valence-electron chi connectivity index (χ2n) is 4.02. The van der Waals surface area contributed by atoms with Crippen molar-refractivity contribution in [3.8, 4) is 0 Å². The fourth-order valence-electron chi connectivity index (χ4n) is 1.81. The molecular weight excluding hydrogens is 166 g/mol. The molecular formula is C10H19NO2. The summed E-state index contributed by atoms with van der Waals surface area (Å²) >= 11 is 0. The van der Waals surface area contributed by atoms with Gasteiger partial charge >= 0.3 is 0 Å². The topological polar surface area (TPSA) is 40.5 Å². The zero-order valence-electron chi connectivity index (χ0n) is 8.49. The van der Waals surface area contributed by atoms with E-state index in [0.29, 0.717) is 0 Å². The third-order valence-electron chi connectivity index (χ3n) is 2.61. The third kappa shape index (κ3) is 2.44. The van der Waals surface area contributed by atoms with Gasteiger partial charge in [0.2, 0.25) is 5.91 Å². The second kappa shape index (κ2) is 4.61. The highest BCUT2D eigenvalue weighted by Gasteiger charge is 2.27. The van der Waals surface area contributed by atoms with E-state index >= 15 is 0 Å². The molecule has 1 fully saturated rings. The highest BCUT2D eigenvalue weighted by Crippen LogP contribution is 2.18. The molecule has 3 heteroatoms. The first-order valence-electron chi connectivity index (χ1n) is 5.08. The Hall–Kier alpha value is -0.570. The lowest BCUT2D eigenvalue weighted by molar-refractivity contribution is -0.139. The van der Waals surface area contributed by atoms with Crippen LogP contribution in [0.25, 0.3) is 0 Å². The SMILES string of the molecule is CC(C)C(=O)N1CCCC[C@H]1CO. The highest BCUT2D eigenvalue weighted by molar-refractivity contribution is 5.78. The molecule has 1 amide bonds. The van der Waals surface area contributed by atoms with Crippen LogP contribution in [0.15, 0.2) is 0 Å². The van der Waals surface area contributed by atoms with Crippen molar-refractivity contribution in [3.63, 3.8) is 0 Å². The molecule has 1 atom stereocenters. The highest BCUT2D eigenvalue weighted by atomic mass is 16.3. The summed E-state index contributed by atoms with van der Waals surface area (Å²) < 4.78 is 0. The monoisotopic (exact) mass is 185 g/mol. The zero-order chi connectivity index (χ0) is 9.84. The van der Waals surface area contributed by atoms with Gasteiger partial charge in [-0.2, -0.15) is 0 Å². The van der Waals surface area contributed by atoms with Gasteiger partial charge in [-0.15, -0.1) is 0 Å². The molecule has 76 valence electrons. The molecule has 1 heterocycles. The molecule has 0 unspecified atom stereocenters. The van der Waals surface area contributed by atoms with Crippen molar-refractivity contribution >= 4 is 5.91 Å². The van der Waals surface area contributed by atoms with Gasteiger partial charge < -0.3 is 10.0 Å². The largest absolute Gasteiger partial charge is 0.394 e. The summed E-state index contributed by atoms with van der Waals surface area (Å²) in [6.45, 7) is 4.75. The summed E-state index contributed by atoms with van der Waals surface area (Å²) in [5, 5.41) is 9.10. The van der Waals surface area contributed by atoms with Crippen LogP contribution in [-0.4, -0.2) is 35.1 Å². The van der Waals surface area contributed by atoms with Crippen molar-refractivity contribution in [1.82, 2.24) is 4.90 Å². The average Bonchev–Trinajstić information content (AvgIpc) is 2.16. The van der Waals surface area contributed by atoms with Crippen molar-refractivity contribution in [2.45, 2.75) is 39.2 Å². The Morgan fingerprint density at radius 3 is 2.77 bits per heavy atom. The van der Waals surface area contributed by atoms with Crippen molar-refractivity contribution in [2.75, 3.05) is 13.2 Å². The lowest BCUT2D eigenvalue weighted by Gasteiger charge is -2.35. The lowest BCUT2D eigenvalue weighted by Crippen LogP contribution is -2.47. The summed E-state index contributed by atoms with van der Waals surface area (Å²) in [7, 11) is 0. The number of carbonyl (C=O) groups is 1. The number of aliphatic hydroxyl groups excluding tert-OH is 1. The maximum Gasteiger partial charge on any atom is 0.225 e. The normalized spacial score (nSPS) is 23.7. The van der Waals surface area contributed by atoms with Crippen LogP contribution in [0, 0.1) is 5.92 Å². The molecule has 0 aromatic heterocycles. The van der Waals surface area contributed by atoms with E-state index in [1.807, 2.05) is 18.7 Å². The molecule has 0 aliphatic carbocycles. The molecule has 13 heavy (non-hydrogen) atoms. The van der Waals surface area contributed by atoms with Crippen molar-refractivity contribution in [1.29, 1.82) is 0 Å². The van der Waals surface area contributed by atoms with E-state index in [0.717, 1.165) is 25.8 Å². The Kier molecular flexibility index (Phi) is 3.72. The lowest BCUT2D eigenvalue weighted by atomic mass is 10.0. The molecule has 0 aromatic rings. The van der Waals surface area contributed by atoms with Gasteiger partial charge in [-0.05, 0) is 19.3 Å². The van der Waals surface area contributed by atoms with E-state index in [1.165, 1.54) is 0 Å². The number of hydrogen-bond acceptors (Lipinski definition) is 2. The van der Waals surface area contributed by atoms with Crippen molar-refractivity contribution in [3.05, 3.63) is 0 Å². The second-order valence-corrected chi connectivity index (χ2v) is 4.02. The van der Waals surface area contributed by atoms with Gasteiger partial charge in [0, 0.05) is 12.5 Å². The number of carbonyl (C=O) groups excluding carboxylic acids is 1. The summed E-state index contributed by atoms with van der Waals surface area (Å²) in [4.78, 5) is 13.5. The minimum absolute atomic E-state index is 0.0483. The molecule has 1 aliphatic rings. The summed E-state index contributed by atoms with van der Waals surface area (Å²) in [5.74, 6) is 0.228. The summed E-state index contributed by atoms with van der Waals surface area (Å²) in [6, 6.07) is 0.0728. The van der Waals surface area contributed by atoms with Crippen LogP contribution >= 0.6 is 0 Å². The Morgan fingerprint density at radius 2 is 2.23 bits per heavy atom. The zero-order valence-corrected chi connectivity index (χ0v) is 8.49. The molecule has 1 aliphatic heterocycles. The van der Waals surface area contributed by atoms with E-state index in [2.05, 4.69) is 0 Å². The molecule has 1 saturated heterocycles. The summed E-state index contributed by atoms with van der Waals surface area (Å²) in [5.41, 5.74) is 0. The molecule has 0 spiro atoms. The maximum absolute atomic E-state index is 11.7. The predicted molar refractivity (Wildman–Crippen MR) is 51.3 cm³/mol. The Balaban J connectivity index is 2.58. The van der Waals surface area contributed by atoms with Gasteiger partial charge in [-0.1, -0.05) is 13.8 Å². The third-order valence-corrected chi connectivity index (χ3v) is 2.61. The van der Waals surface area contributed by atoms with Crippen LogP contribution in [0.3, 0.4) is 0 Å². The number of rotatable bonds is 2. The number of nitrogens with zero attached hydrogens (tertiary/aromatic N) is 1. The van der Waals surface area contributed by atoms with E-state index in [-0.39, 0.29) is 24.5 Å². The van der Waals surface area contributed by atoms with E-state index in [4.69, 9.17) is 5.11 Å².